The van der Waals surface area contributed by atoms with Crippen LogP contribution in [-0.4, -0.2) is 44.5 Å². The highest BCUT2D eigenvalue weighted by atomic mass is 32.1. The van der Waals surface area contributed by atoms with Crippen LogP contribution in [0.2, 0.25) is 0 Å². The number of ether oxygens (including phenoxy) is 1. The number of benzene rings is 1. The highest BCUT2D eigenvalue weighted by Crippen LogP contribution is 2.33. The predicted molar refractivity (Wildman–Crippen MR) is 138 cm³/mol. The molecule has 4 heterocycles. The van der Waals surface area contributed by atoms with E-state index < -0.39 is 0 Å². The Balaban J connectivity index is 1.55. The van der Waals surface area contributed by atoms with E-state index in [4.69, 9.17) is 15.6 Å². The number of aromatic nitrogens is 3. The normalized spacial score (nSPS) is 16.5. The van der Waals surface area contributed by atoms with Crippen molar-refractivity contribution in [2.24, 2.45) is 15.9 Å². The number of nitrogens with one attached hydrogen (secondary N) is 1. The van der Waals surface area contributed by atoms with Gasteiger partial charge in [0.1, 0.15) is 34.7 Å². The Morgan fingerprint density at radius 2 is 2.17 bits per heavy atom. The Hall–Kier alpha value is -3.81. The summed E-state index contributed by atoms with van der Waals surface area (Å²) in [4.78, 5) is 4.89. The van der Waals surface area contributed by atoms with Gasteiger partial charge in [0.2, 0.25) is 0 Å². The highest BCUT2D eigenvalue weighted by molar-refractivity contribution is 7.13. The highest BCUT2D eigenvalue weighted by Gasteiger charge is 2.21. The van der Waals surface area contributed by atoms with E-state index in [9.17, 15) is 5.26 Å². The number of nitrogens with zero attached hydrogens (tertiary/aromatic N) is 6. The average Bonchev–Trinajstić information content (AvgIpc) is 3.52. The van der Waals surface area contributed by atoms with Crippen LogP contribution in [0.15, 0.2) is 52.9 Å². The summed E-state index contributed by atoms with van der Waals surface area (Å²) >= 11 is 1.44. The standard InChI is InChI=1S/C25H26N8OS/c1-15(31-20-6-8-28-9-7-20)23(32-27)18-10-22(24-19(11-26)12-29-33(24)14-18)34-16(2)21-5-3-4-17-13-30-35-25(17)21/h3-5,10,12-14,16,20,28H,6-9,27H2,1-2H3/b31-15?,32-23+. The van der Waals surface area contributed by atoms with Crippen molar-refractivity contribution in [1.82, 2.24) is 19.3 Å². The molecule has 10 heteroatoms. The van der Waals surface area contributed by atoms with Gasteiger partial charge in [-0.15, -0.1) is 0 Å². The number of piperidine rings is 1. The van der Waals surface area contributed by atoms with Gasteiger partial charge in [0.25, 0.3) is 0 Å². The molecular weight excluding hydrogens is 460 g/mol. The van der Waals surface area contributed by atoms with E-state index in [-0.39, 0.29) is 12.1 Å². The van der Waals surface area contributed by atoms with Crippen LogP contribution in [0.5, 0.6) is 5.75 Å². The SMILES string of the molecule is CC(=NC1CCNCC1)/C(=N\N)c1cc(OC(C)c2cccc3cnsc23)c2c(C#N)cnn2c1. The molecule has 1 aliphatic rings. The van der Waals surface area contributed by atoms with Crippen LogP contribution in [-0.2, 0) is 0 Å². The van der Waals surface area contributed by atoms with Gasteiger partial charge < -0.3 is 15.9 Å². The summed E-state index contributed by atoms with van der Waals surface area (Å²) in [5.41, 5.74) is 4.12. The maximum absolute atomic E-state index is 9.68. The molecule has 4 aromatic rings. The summed E-state index contributed by atoms with van der Waals surface area (Å²) in [5.74, 6) is 6.37. The van der Waals surface area contributed by atoms with Crippen molar-refractivity contribution in [3.8, 4) is 11.8 Å². The second kappa shape index (κ2) is 9.82. The minimum Gasteiger partial charge on any atom is -0.484 e. The summed E-state index contributed by atoms with van der Waals surface area (Å²) < 4.78 is 13.5. The second-order valence-electron chi connectivity index (χ2n) is 8.58. The van der Waals surface area contributed by atoms with E-state index in [0.29, 0.717) is 22.5 Å². The molecule has 5 rings (SSSR count). The number of fused-ring (bicyclic) bond motifs is 2. The Bertz CT molecular complexity index is 1470. The van der Waals surface area contributed by atoms with Crippen LogP contribution in [0.1, 0.15) is 49.5 Å². The van der Waals surface area contributed by atoms with Crippen LogP contribution in [0.25, 0.3) is 15.6 Å². The van der Waals surface area contributed by atoms with Gasteiger partial charge in [-0.2, -0.15) is 19.8 Å². The van der Waals surface area contributed by atoms with Crippen molar-refractivity contribution in [2.45, 2.75) is 38.8 Å². The van der Waals surface area contributed by atoms with Crippen molar-refractivity contribution in [3.05, 3.63) is 59.5 Å². The van der Waals surface area contributed by atoms with Crippen molar-refractivity contribution < 1.29 is 4.74 Å². The first-order valence-electron chi connectivity index (χ1n) is 11.5. The molecule has 1 atom stereocenters. The first-order valence-corrected chi connectivity index (χ1v) is 12.3. The molecule has 0 bridgehead atoms. The monoisotopic (exact) mass is 486 g/mol. The summed E-state index contributed by atoms with van der Waals surface area (Å²) in [7, 11) is 0. The van der Waals surface area contributed by atoms with Gasteiger partial charge in [0.15, 0.2) is 0 Å². The summed E-state index contributed by atoms with van der Waals surface area (Å²) in [5, 5.41) is 22.6. The molecule has 3 N–H and O–H groups in total. The largest absolute Gasteiger partial charge is 0.484 e. The molecule has 3 aromatic heterocycles. The lowest BCUT2D eigenvalue weighted by Gasteiger charge is -2.20. The summed E-state index contributed by atoms with van der Waals surface area (Å²) in [6, 6.07) is 10.4. The van der Waals surface area contributed by atoms with Crippen molar-refractivity contribution in [2.75, 3.05) is 13.1 Å². The fraction of sp³-hybridized carbons (Fsp3) is 0.320. The molecule has 178 valence electrons. The minimum absolute atomic E-state index is 0.238. The van der Waals surface area contributed by atoms with E-state index in [0.717, 1.165) is 52.9 Å². The third-order valence-electron chi connectivity index (χ3n) is 6.28. The van der Waals surface area contributed by atoms with Crippen molar-refractivity contribution >= 4 is 38.6 Å². The van der Waals surface area contributed by atoms with Crippen LogP contribution in [0, 0.1) is 11.3 Å². The molecule has 1 aliphatic heterocycles. The molecule has 35 heavy (non-hydrogen) atoms. The molecule has 1 saturated heterocycles. The van der Waals surface area contributed by atoms with Gasteiger partial charge in [-0.25, -0.2) is 4.52 Å². The number of pyridine rings is 1. The molecule has 1 unspecified atom stereocenters. The van der Waals surface area contributed by atoms with Gasteiger partial charge in [-0.3, -0.25) is 4.99 Å². The Labute approximate surface area is 207 Å². The predicted octanol–water partition coefficient (Wildman–Crippen LogP) is 3.83. The molecule has 0 radical (unpaired) electrons. The lowest BCUT2D eigenvalue weighted by molar-refractivity contribution is 0.230. The molecule has 0 amide bonds. The Morgan fingerprint density at radius 3 is 2.94 bits per heavy atom. The quantitative estimate of drug-likeness (QED) is 0.242. The van der Waals surface area contributed by atoms with Crippen LogP contribution < -0.4 is 15.9 Å². The first-order chi connectivity index (χ1) is 17.1. The summed E-state index contributed by atoms with van der Waals surface area (Å²) in [6.45, 7) is 5.82. The van der Waals surface area contributed by atoms with Crippen LogP contribution >= 0.6 is 11.5 Å². The fourth-order valence-electron chi connectivity index (χ4n) is 4.52. The number of hydrogen-bond donors (Lipinski definition) is 2. The Morgan fingerprint density at radius 1 is 1.34 bits per heavy atom. The average molecular weight is 487 g/mol. The van der Waals surface area contributed by atoms with Crippen molar-refractivity contribution in [3.63, 3.8) is 0 Å². The van der Waals surface area contributed by atoms with Crippen molar-refractivity contribution in [1.29, 1.82) is 5.26 Å². The maximum atomic E-state index is 9.68. The van der Waals surface area contributed by atoms with Gasteiger partial charge in [0.05, 0.1) is 22.7 Å². The van der Waals surface area contributed by atoms with Gasteiger partial charge >= 0.3 is 0 Å². The lowest BCUT2D eigenvalue weighted by atomic mass is 10.0. The zero-order valence-electron chi connectivity index (χ0n) is 19.6. The second-order valence-corrected chi connectivity index (χ2v) is 9.38. The van der Waals surface area contributed by atoms with Gasteiger partial charge in [-0.05, 0) is 57.4 Å². The minimum atomic E-state index is -0.289. The number of hydrazone groups is 1. The topological polar surface area (TPSA) is 126 Å². The zero-order chi connectivity index (χ0) is 24.4. The van der Waals surface area contributed by atoms with Crippen LogP contribution in [0.4, 0.5) is 0 Å². The van der Waals surface area contributed by atoms with E-state index >= 15 is 0 Å². The van der Waals surface area contributed by atoms with Gasteiger partial charge in [-0.1, -0.05) is 18.2 Å². The lowest BCUT2D eigenvalue weighted by Crippen LogP contribution is -2.31. The molecular formula is C25H26N8OS. The fourth-order valence-corrected chi connectivity index (χ4v) is 5.36. The zero-order valence-corrected chi connectivity index (χ0v) is 20.4. The van der Waals surface area contributed by atoms with Gasteiger partial charge in [0, 0.05) is 28.9 Å². The number of nitrogens with two attached hydrogens (primary N) is 1. The molecule has 0 saturated carbocycles. The molecule has 0 spiro atoms. The molecule has 1 aromatic carbocycles. The maximum Gasteiger partial charge on any atom is 0.148 e. The van der Waals surface area contributed by atoms with E-state index in [2.05, 4.69) is 26.0 Å². The molecule has 0 aliphatic carbocycles. The molecule has 1 fully saturated rings. The first kappa shape index (κ1) is 23.0. The number of aliphatic imine (C=N–C) groups is 1. The van der Waals surface area contributed by atoms with E-state index in [1.807, 2.05) is 50.5 Å². The number of rotatable bonds is 6. The van der Waals surface area contributed by atoms with Crippen LogP contribution in [0.3, 0.4) is 0 Å². The third kappa shape index (κ3) is 4.48. The van der Waals surface area contributed by atoms with E-state index in [1.54, 1.807) is 4.52 Å². The number of nitriles is 1. The number of hydrogen-bond acceptors (Lipinski definition) is 9. The smallest absolute Gasteiger partial charge is 0.148 e. The summed E-state index contributed by atoms with van der Waals surface area (Å²) in [6.07, 6.45) is 6.87. The molecule has 9 nitrogen and oxygen atoms in total. The third-order valence-corrected chi connectivity index (χ3v) is 7.15. The van der Waals surface area contributed by atoms with E-state index in [1.165, 1.54) is 17.7 Å². The Kier molecular flexibility index (Phi) is 6.44.